The Bertz CT molecular complexity index is 1040. The minimum Gasteiger partial charge on any atom is -0.492 e. The normalized spacial score (nSPS) is 20.0. The Hall–Kier alpha value is -1.89. The van der Waals surface area contributed by atoms with Crippen LogP contribution in [0, 0.1) is 5.82 Å². The fourth-order valence-electron chi connectivity index (χ4n) is 4.13. The number of benzene rings is 2. The van der Waals surface area contributed by atoms with Crippen molar-refractivity contribution in [1.29, 1.82) is 0 Å². The van der Waals surface area contributed by atoms with Crippen LogP contribution in [0.5, 0.6) is 5.75 Å². The predicted octanol–water partition coefficient (Wildman–Crippen LogP) is 5.08. The van der Waals surface area contributed by atoms with Gasteiger partial charge in [0, 0.05) is 34.3 Å². The van der Waals surface area contributed by atoms with Crippen molar-refractivity contribution in [2.75, 3.05) is 18.9 Å². The summed E-state index contributed by atoms with van der Waals surface area (Å²) in [4.78, 5) is 6.82. The Morgan fingerprint density at radius 3 is 3.04 bits per heavy atom. The van der Waals surface area contributed by atoms with Crippen molar-refractivity contribution < 1.29 is 9.13 Å². The number of hydrogen-bond donors (Lipinski definition) is 1. The third-order valence-electron chi connectivity index (χ3n) is 5.51. The molecule has 2 aliphatic heterocycles. The number of nitrogen functional groups attached to an aromatic ring is 1. The summed E-state index contributed by atoms with van der Waals surface area (Å²) in [6, 6.07) is 7.57. The van der Waals surface area contributed by atoms with Crippen molar-refractivity contribution >= 4 is 38.3 Å². The lowest BCUT2D eigenvalue weighted by Gasteiger charge is -2.33. The zero-order chi connectivity index (χ0) is 18.5. The van der Waals surface area contributed by atoms with E-state index in [4.69, 9.17) is 22.1 Å². The van der Waals surface area contributed by atoms with Crippen molar-refractivity contribution in [3.8, 4) is 16.9 Å². The summed E-state index contributed by atoms with van der Waals surface area (Å²) < 4.78 is 20.8. The topological polar surface area (TPSA) is 51.4 Å². The SMILES string of the molecule is Nc1nc2c(-c3cc4c(cc3Cl)CN3CCCC[C@H]3CO4)ccc(F)c2s1. The second kappa shape index (κ2) is 6.62. The molecular formula is C20H19ClFN3OS. The highest BCUT2D eigenvalue weighted by atomic mass is 35.5. The number of rotatable bonds is 1. The third-order valence-corrected chi connectivity index (χ3v) is 6.71. The predicted molar refractivity (Wildman–Crippen MR) is 108 cm³/mol. The van der Waals surface area contributed by atoms with Crippen LogP contribution in [0.4, 0.5) is 9.52 Å². The van der Waals surface area contributed by atoms with Crippen molar-refractivity contribution in [3.05, 3.63) is 40.7 Å². The maximum atomic E-state index is 14.1. The van der Waals surface area contributed by atoms with E-state index in [9.17, 15) is 4.39 Å². The van der Waals surface area contributed by atoms with Crippen LogP contribution in [0.2, 0.25) is 5.02 Å². The minimum absolute atomic E-state index is 0.318. The quantitative estimate of drug-likeness (QED) is 0.615. The highest BCUT2D eigenvalue weighted by Crippen LogP contribution is 2.41. The monoisotopic (exact) mass is 403 g/mol. The molecule has 4 nitrogen and oxygen atoms in total. The van der Waals surface area contributed by atoms with E-state index in [0.29, 0.717) is 33.0 Å². The van der Waals surface area contributed by atoms with Gasteiger partial charge in [0.25, 0.3) is 0 Å². The molecular weight excluding hydrogens is 385 g/mol. The molecule has 3 aromatic rings. The van der Waals surface area contributed by atoms with Crippen LogP contribution in [0.1, 0.15) is 24.8 Å². The molecule has 1 atom stereocenters. The standard InChI is InChI=1S/C20H19ClFN3OS/c21-15-7-11-9-25-6-2-1-3-12(25)10-26-17(11)8-14(15)13-4-5-16(22)19-18(13)24-20(23)27-19/h4-5,7-8,12H,1-3,6,9-10H2,(H2,23,24)/t12-/m0/s1. The summed E-state index contributed by atoms with van der Waals surface area (Å²) in [7, 11) is 0. The van der Waals surface area contributed by atoms with Gasteiger partial charge in [-0.05, 0) is 43.7 Å². The number of nitrogens with zero attached hydrogens (tertiary/aromatic N) is 2. The van der Waals surface area contributed by atoms with E-state index in [0.717, 1.165) is 46.9 Å². The highest BCUT2D eigenvalue weighted by molar-refractivity contribution is 7.22. The Morgan fingerprint density at radius 2 is 2.15 bits per heavy atom. The highest BCUT2D eigenvalue weighted by Gasteiger charge is 2.28. The number of nitrogens with two attached hydrogens (primary N) is 1. The summed E-state index contributed by atoms with van der Waals surface area (Å²) in [6.45, 7) is 2.64. The Kier molecular flexibility index (Phi) is 4.22. The molecule has 2 aromatic carbocycles. The summed E-state index contributed by atoms with van der Waals surface area (Å²) in [6.07, 6.45) is 3.66. The van der Waals surface area contributed by atoms with Crippen LogP contribution in [0.25, 0.3) is 21.3 Å². The number of halogens is 2. The molecule has 0 aliphatic carbocycles. The van der Waals surface area contributed by atoms with Crippen molar-refractivity contribution in [3.63, 3.8) is 0 Å². The molecule has 0 bridgehead atoms. The maximum absolute atomic E-state index is 14.1. The van der Waals surface area contributed by atoms with Crippen LogP contribution in [-0.4, -0.2) is 29.1 Å². The van der Waals surface area contributed by atoms with Gasteiger partial charge < -0.3 is 10.5 Å². The van der Waals surface area contributed by atoms with Crippen LogP contribution in [0.3, 0.4) is 0 Å². The summed E-state index contributed by atoms with van der Waals surface area (Å²) in [5.74, 6) is 0.534. The molecule has 27 heavy (non-hydrogen) atoms. The largest absolute Gasteiger partial charge is 0.492 e. The van der Waals surface area contributed by atoms with Crippen LogP contribution < -0.4 is 10.5 Å². The molecule has 5 rings (SSSR count). The molecule has 1 aromatic heterocycles. The fraction of sp³-hybridized carbons (Fsp3) is 0.350. The number of ether oxygens (including phenoxy) is 1. The summed E-state index contributed by atoms with van der Waals surface area (Å²) >= 11 is 7.80. The first kappa shape index (κ1) is 17.2. The fourth-order valence-corrected chi connectivity index (χ4v) is 5.18. The van der Waals surface area contributed by atoms with E-state index < -0.39 is 0 Å². The summed E-state index contributed by atoms with van der Waals surface area (Å²) in [5, 5.41) is 0.961. The van der Waals surface area contributed by atoms with E-state index in [-0.39, 0.29) is 5.82 Å². The first-order valence-electron chi connectivity index (χ1n) is 9.14. The zero-order valence-corrected chi connectivity index (χ0v) is 16.2. The second-order valence-electron chi connectivity index (χ2n) is 7.20. The van der Waals surface area contributed by atoms with Gasteiger partial charge in [-0.2, -0.15) is 0 Å². The van der Waals surface area contributed by atoms with Crippen LogP contribution >= 0.6 is 22.9 Å². The van der Waals surface area contributed by atoms with Crippen molar-refractivity contribution in [1.82, 2.24) is 9.88 Å². The first-order chi connectivity index (χ1) is 13.1. The molecule has 0 saturated carbocycles. The van der Waals surface area contributed by atoms with Gasteiger partial charge in [-0.1, -0.05) is 29.4 Å². The number of aromatic nitrogens is 1. The molecule has 7 heteroatoms. The van der Waals surface area contributed by atoms with Gasteiger partial charge in [0.05, 0.1) is 10.2 Å². The summed E-state index contributed by atoms with van der Waals surface area (Å²) in [5.41, 5.74) is 9.04. The van der Waals surface area contributed by atoms with Gasteiger partial charge in [-0.25, -0.2) is 9.37 Å². The van der Waals surface area contributed by atoms with E-state index in [1.54, 1.807) is 6.07 Å². The molecule has 2 aliphatic rings. The molecule has 140 valence electrons. The lowest BCUT2D eigenvalue weighted by molar-refractivity contribution is 0.108. The number of fused-ring (bicyclic) bond motifs is 3. The van der Waals surface area contributed by atoms with Crippen molar-refractivity contribution in [2.24, 2.45) is 0 Å². The molecule has 0 unspecified atom stereocenters. The number of thiazole rings is 1. The maximum Gasteiger partial charge on any atom is 0.181 e. The molecule has 0 amide bonds. The number of anilines is 1. The third kappa shape index (κ3) is 2.96. The number of piperidine rings is 1. The minimum atomic E-state index is -0.318. The van der Waals surface area contributed by atoms with Crippen molar-refractivity contribution in [2.45, 2.75) is 31.8 Å². The Balaban J connectivity index is 1.62. The van der Waals surface area contributed by atoms with E-state index in [1.165, 1.54) is 25.3 Å². The number of hydrogen-bond acceptors (Lipinski definition) is 5. The lowest BCUT2D eigenvalue weighted by Crippen LogP contribution is -2.40. The van der Waals surface area contributed by atoms with Gasteiger partial charge in [0.15, 0.2) is 5.13 Å². The molecule has 1 fully saturated rings. The van der Waals surface area contributed by atoms with Crippen LogP contribution in [-0.2, 0) is 6.54 Å². The molecule has 0 radical (unpaired) electrons. The molecule has 1 saturated heterocycles. The lowest BCUT2D eigenvalue weighted by atomic mass is 10.00. The van der Waals surface area contributed by atoms with E-state index in [1.807, 2.05) is 12.1 Å². The first-order valence-corrected chi connectivity index (χ1v) is 10.3. The smallest absolute Gasteiger partial charge is 0.181 e. The zero-order valence-electron chi connectivity index (χ0n) is 14.7. The van der Waals surface area contributed by atoms with Crippen LogP contribution in [0.15, 0.2) is 24.3 Å². The average Bonchev–Trinajstić information content (AvgIpc) is 2.96. The van der Waals surface area contributed by atoms with Gasteiger partial charge in [0.2, 0.25) is 0 Å². The van der Waals surface area contributed by atoms with Gasteiger partial charge in [-0.3, -0.25) is 4.90 Å². The average molecular weight is 404 g/mol. The second-order valence-corrected chi connectivity index (χ2v) is 8.63. The van der Waals surface area contributed by atoms with E-state index >= 15 is 0 Å². The Morgan fingerprint density at radius 1 is 1.26 bits per heavy atom. The molecule has 3 heterocycles. The van der Waals surface area contributed by atoms with Gasteiger partial charge in [0.1, 0.15) is 18.2 Å². The van der Waals surface area contributed by atoms with Gasteiger partial charge >= 0.3 is 0 Å². The Labute approximate surface area is 165 Å². The van der Waals surface area contributed by atoms with Gasteiger partial charge in [-0.15, -0.1) is 0 Å². The molecule has 2 N–H and O–H groups in total. The van der Waals surface area contributed by atoms with E-state index in [2.05, 4.69) is 9.88 Å². The molecule has 0 spiro atoms.